The number of piperazine rings is 1. The highest BCUT2D eigenvalue weighted by molar-refractivity contribution is 7.12. The summed E-state index contributed by atoms with van der Waals surface area (Å²) in [5.74, 6) is 0. The topological polar surface area (TPSA) is 28.6 Å². The van der Waals surface area contributed by atoms with Crippen LogP contribution in [-0.2, 0) is 17.8 Å². The number of nitrogens with zero attached hydrogens (tertiary/aromatic N) is 3. The van der Waals surface area contributed by atoms with Gasteiger partial charge in [0.25, 0.3) is 0 Å². The number of pyridine rings is 1. The molecule has 2 fully saturated rings. The van der Waals surface area contributed by atoms with Crippen molar-refractivity contribution in [2.45, 2.75) is 38.5 Å². The molecule has 4 nitrogen and oxygen atoms in total. The van der Waals surface area contributed by atoms with Crippen LogP contribution in [0.3, 0.4) is 0 Å². The van der Waals surface area contributed by atoms with Crippen LogP contribution in [0.5, 0.6) is 0 Å². The van der Waals surface area contributed by atoms with Gasteiger partial charge in [-0.1, -0.05) is 6.07 Å². The Morgan fingerprint density at radius 2 is 1.88 bits per heavy atom. The third-order valence-electron chi connectivity index (χ3n) is 5.15. The lowest BCUT2D eigenvalue weighted by Gasteiger charge is -2.34. The number of hydrogen-bond acceptors (Lipinski definition) is 5. The van der Waals surface area contributed by atoms with Crippen LogP contribution in [0.15, 0.2) is 36.7 Å². The Morgan fingerprint density at radius 1 is 1.04 bits per heavy atom. The number of ether oxygens (including phenoxy) is 1. The molecule has 5 heteroatoms. The maximum Gasteiger partial charge on any atom is 0.0916 e. The van der Waals surface area contributed by atoms with Crippen LogP contribution in [0.2, 0.25) is 0 Å². The van der Waals surface area contributed by atoms with Crippen LogP contribution in [0.4, 0.5) is 0 Å². The summed E-state index contributed by atoms with van der Waals surface area (Å²) >= 11 is 1.95. The van der Waals surface area contributed by atoms with Crippen molar-refractivity contribution in [3.63, 3.8) is 0 Å². The van der Waals surface area contributed by atoms with Gasteiger partial charge in [-0.15, -0.1) is 11.3 Å². The van der Waals surface area contributed by atoms with Gasteiger partial charge in [-0.25, -0.2) is 0 Å². The maximum absolute atomic E-state index is 5.92. The fourth-order valence-electron chi connectivity index (χ4n) is 3.69. The van der Waals surface area contributed by atoms with Crippen LogP contribution < -0.4 is 0 Å². The van der Waals surface area contributed by atoms with Gasteiger partial charge in [-0.2, -0.15) is 0 Å². The zero-order valence-corrected chi connectivity index (χ0v) is 15.6. The zero-order chi connectivity index (χ0) is 16.9. The average molecular weight is 358 g/mol. The summed E-state index contributed by atoms with van der Waals surface area (Å²) in [5.41, 5.74) is 1.31. The van der Waals surface area contributed by atoms with Gasteiger partial charge in [0.2, 0.25) is 0 Å². The van der Waals surface area contributed by atoms with E-state index in [9.17, 15) is 0 Å². The van der Waals surface area contributed by atoms with Crippen molar-refractivity contribution in [2.75, 3.05) is 32.8 Å². The third kappa shape index (κ3) is 4.67. The minimum Gasteiger partial charge on any atom is -0.373 e. The number of rotatable bonds is 5. The van der Waals surface area contributed by atoms with Crippen molar-refractivity contribution in [3.05, 3.63) is 52.0 Å². The minimum absolute atomic E-state index is 0.351. The molecular formula is C20H27N3OS. The Hall–Kier alpha value is -1.27. The molecule has 4 rings (SSSR count). The first kappa shape index (κ1) is 17.2. The van der Waals surface area contributed by atoms with E-state index in [1.807, 2.05) is 29.8 Å². The van der Waals surface area contributed by atoms with E-state index >= 15 is 0 Å². The van der Waals surface area contributed by atoms with Crippen molar-refractivity contribution >= 4 is 11.3 Å². The largest absolute Gasteiger partial charge is 0.373 e. The van der Waals surface area contributed by atoms with E-state index in [1.165, 1.54) is 34.6 Å². The molecule has 2 aromatic heterocycles. The van der Waals surface area contributed by atoms with Gasteiger partial charge in [-0.3, -0.25) is 14.8 Å². The third-order valence-corrected chi connectivity index (χ3v) is 6.31. The van der Waals surface area contributed by atoms with Crippen molar-refractivity contribution in [2.24, 2.45) is 0 Å². The van der Waals surface area contributed by atoms with E-state index in [4.69, 9.17) is 4.74 Å². The summed E-state index contributed by atoms with van der Waals surface area (Å²) in [4.78, 5) is 12.2. The molecule has 2 aliphatic rings. The van der Waals surface area contributed by atoms with Crippen LogP contribution in [0, 0.1) is 0 Å². The second kappa shape index (κ2) is 8.41. The molecule has 0 bridgehead atoms. The summed E-state index contributed by atoms with van der Waals surface area (Å²) in [6.07, 6.45) is 7.88. The van der Waals surface area contributed by atoms with Crippen LogP contribution in [0.1, 0.15) is 40.7 Å². The van der Waals surface area contributed by atoms with Gasteiger partial charge in [0.05, 0.1) is 6.10 Å². The predicted octanol–water partition coefficient (Wildman–Crippen LogP) is 3.70. The van der Waals surface area contributed by atoms with E-state index in [0.29, 0.717) is 6.10 Å². The highest BCUT2D eigenvalue weighted by Gasteiger charge is 2.20. The molecule has 2 aromatic rings. The molecule has 0 amide bonds. The van der Waals surface area contributed by atoms with Crippen LogP contribution in [-0.4, -0.2) is 47.6 Å². The monoisotopic (exact) mass is 357 g/mol. The van der Waals surface area contributed by atoms with E-state index in [-0.39, 0.29) is 0 Å². The zero-order valence-electron chi connectivity index (χ0n) is 14.8. The predicted molar refractivity (Wildman–Crippen MR) is 102 cm³/mol. The van der Waals surface area contributed by atoms with Gasteiger partial charge in [-0.05, 0) is 43.0 Å². The fraction of sp³-hybridized carbons (Fsp3) is 0.550. The molecule has 0 aliphatic carbocycles. The highest BCUT2D eigenvalue weighted by Crippen LogP contribution is 2.33. The summed E-state index contributed by atoms with van der Waals surface area (Å²) in [6, 6.07) is 8.78. The van der Waals surface area contributed by atoms with E-state index in [1.54, 1.807) is 0 Å². The van der Waals surface area contributed by atoms with Gasteiger partial charge in [0, 0.05) is 68.0 Å². The second-order valence-corrected chi connectivity index (χ2v) is 8.27. The van der Waals surface area contributed by atoms with Crippen molar-refractivity contribution < 1.29 is 4.74 Å². The first-order chi connectivity index (χ1) is 12.4. The number of thiophene rings is 1. The van der Waals surface area contributed by atoms with Crippen molar-refractivity contribution in [3.8, 4) is 0 Å². The van der Waals surface area contributed by atoms with E-state index < -0.39 is 0 Å². The molecule has 0 unspecified atom stereocenters. The van der Waals surface area contributed by atoms with Gasteiger partial charge in [0.15, 0.2) is 0 Å². The standard InChI is InChI=1S/C20H27N3OS/c1-2-13-24-19(5-1)20-7-6-18(25-20)16-23-11-9-22(10-12-23)15-17-4-3-8-21-14-17/h3-4,6-8,14,19H,1-2,5,9-13,15-16H2/t19-/m0/s1. The summed E-state index contributed by atoms with van der Waals surface area (Å²) < 4.78 is 5.92. The Labute approximate surface area is 154 Å². The molecule has 0 saturated carbocycles. The molecule has 25 heavy (non-hydrogen) atoms. The Morgan fingerprint density at radius 3 is 2.60 bits per heavy atom. The summed E-state index contributed by atoms with van der Waals surface area (Å²) in [7, 11) is 0. The molecular weight excluding hydrogens is 330 g/mol. The van der Waals surface area contributed by atoms with Crippen molar-refractivity contribution in [1.82, 2.24) is 14.8 Å². The number of aromatic nitrogens is 1. The quantitative estimate of drug-likeness (QED) is 0.816. The second-order valence-electron chi connectivity index (χ2n) is 7.07. The van der Waals surface area contributed by atoms with Crippen LogP contribution in [0.25, 0.3) is 0 Å². The lowest BCUT2D eigenvalue weighted by molar-refractivity contribution is 0.0172. The SMILES string of the molecule is c1cncc(CN2CCN(Cc3ccc([C@@H]4CCCCO4)s3)CC2)c1. The van der Waals surface area contributed by atoms with Crippen LogP contribution >= 0.6 is 11.3 Å². The minimum atomic E-state index is 0.351. The summed E-state index contributed by atoms with van der Waals surface area (Å²) in [5, 5.41) is 0. The normalized spacial score (nSPS) is 23.0. The summed E-state index contributed by atoms with van der Waals surface area (Å²) in [6.45, 7) is 7.59. The molecule has 1 atom stereocenters. The Kier molecular flexibility index (Phi) is 5.77. The Balaban J connectivity index is 1.25. The van der Waals surface area contributed by atoms with E-state index in [2.05, 4.69) is 33.0 Å². The first-order valence-electron chi connectivity index (χ1n) is 9.41. The molecule has 2 saturated heterocycles. The van der Waals surface area contributed by atoms with Gasteiger partial charge >= 0.3 is 0 Å². The van der Waals surface area contributed by atoms with Gasteiger partial charge in [0.1, 0.15) is 0 Å². The molecule has 4 heterocycles. The lowest BCUT2D eigenvalue weighted by Crippen LogP contribution is -2.45. The van der Waals surface area contributed by atoms with Crippen molar-refractivity contribution in [1.29, 1.82) is 0 Å². The first-order valence-corrected chi connectivity index (χ1v) is 10.2. The highest BCUT2D eigenvalue weighted by atomic mass is 32.1. The molecule has 2 aliphatic heterocycles. The molecule has 0 radical (unpaired) electrons. The fourth-order valence-corrected chi connectivity index (χ4v) is 4.83. The smallest absolute Gasteiger partial charge is 0.0916 e. The molecule has 134 valence electrons. The lowest BCUT2D eigenvalue weighted by atomic mass is 10.1. The van der Waals surface area contributed by atoms with Gasteiger partial charge < -0.3 is 4.74 Å². The van der Waals surface area contributed by atoms with E-state index in [0.717, 1.165) is 45.9 Å². The molecule has 0 N–H and O–H groups in total. The molecule has 0 aromatic carbocycles. The maximum atomic E-state index is 5.92. The molecule has 0 spiro atoms. The Bertz CT molecular complexity index is 646. The average Bonchev–Trinajstić information content (AvgIpc) is 3.14. The number of hydrogen-bond donors (Lipinski definition) is 0.